The molecule has 0 saturated carbocycles. The molecule has 0 bridgehead atoms. The molecule has 3 nitrogen and oxygen atoms in total. The Balaban J connectivity index is 2.89. The lowest BCUT2D eigenvalue weighted by Crippen LogP contribution is -2.22. The van der Waals surface area contributed by atoms with Crippen molar-refractivity contribution in [3.05, 3.63) is 23.8 Å². The summed E-state index contributed by atoms with van der Waals surface area (Å²) in [7, 11) is 0. The molecule has 0 spiro atoms. The Kier molecular flexibility index (Phi) is 4.62. The molecule has 1 aromatic rings. The van der Waals surface area contributed by atoms with Crippen LogP contribution in [-0.2, 0) is 6.42 Å². The molecule has 1 rings (SSSR count). The summed E-state index contributed by atoms with van der Waals surface area (Å²) in [6.45, 7) is 8.05. The molecule has 0 heterocycles. The number of phenolic OH excluding ortho intramolecular Hbond substituents is 1. The molecule has 0 saturated heterocycles. The molecule has 0 aliphatic heterocycles. The third kappa shape index (κ3) is 3.14. The highest BCUT2D eigenvalue weighted by Gasteiger charge is 2.07. The van der Waals surface area contributed by atoms with Crippen LogP contribution in [0.3, 0.4) is 0 Å². The van der Waals surface area contributed by atoms with Gasteiger partial charge in [-0.1, -0.05) is 6.07 Å². The number of hydrogen-bond acceptors (Lipinski definition) is 3. The molecule has 0 aromatic heterocycles. The molecule has 0 amide bonds. The van der Waals surface area contributed by atoms with Gasteiger partial charge in [0, 0.05) is 30.9 Å². The van der Waals surface area contributed by atoms with Crippen LogP contribution in [0.4, 0.5) is 5.69 Å². The first-order valence-electron chi connectivity index (χ1n) is 5.90. The summed E-state index contributed by atoms with van der Waals surface area (Å²) < 4.78 is 0. The minimum Gasteiger partial charge on any atom is -0.508 e. The summed E-state index contributed by atoms with van der Waals surface area (Å²) in [5.74, 6) is 0.349. The lowest BCUT2D eigenvalue weighted by atomic mass is 10.1. The highest BCUT2D eigenvalue weighted by atomic mass is 16.3. The van der Waals surface area contributed by atoms with E-state index in [2.05, 4.69) is 18.7 Å². The molecular formula is C13H22N2O. The summed E-state index contributed by atoms with van der Waals surface area (Å²) in [5, 5.41) is 9.90. The number of nitrogens with two attached hydrogens (primary N) is 1. The molecule has 3 N–H and O–H groups in total. The zero-order chi connectivity index (χ0) is 12.1. The Morgan fingerprint density at radius 3 is 2.38 bits per heavy atom. The molecule has 0 fully saturated rings. The van der Waals surface area contributed by atoms with Crippen molar-refractivity contribution in [3.63, 3.8) is 0 Å². The van der Waals surface area contributed by atoms with Crippen LogP contribution in [0.2, 0.25) is 0 Å². The van der Waals surface area contributed by atoms with Gasteiger partial charge in [0.15, 0.2) is 0 Å². The summed E-state index contributed by atoms with van der Waals surface area (Å²) in [6, 6.07) is 5.91. The van der Waals surface area contributed by atoms with Crippen LogP contribution in [-0.4, -0.2) is 24.2 Å². The molecule has 3 heteroatoms. The second-order valence-corrected chi connectivity index (χ2v) is 4.17. The fourth-order valence-electron chi connectivity index (χ4n) is 1.86. The maximum Gasteiger partial charge on any atom is 0.120 e. The second-order valence-electron chi connectivity index (χ2n) is 4.17. The van der Waals surface area contributed by atoms with Crippen LogP contribution in [0, 0.1) is 0 Å². The summed E-state index contributed by atoms with van der Waals surface area (Å²) in [6.07, 6.45) is 0.713. The smallest absolute Gasteiger partial charge is 0.120 e. The molecule has 0 aliphatic rings. The maximum atomic E-state index is 9.90. The average molecular weight is 222 g/mol. The second kappa shape index (κ2) is 5.75. The van der Waals surface area contributed by atoms with E-state index in [0.717, 1.165) is 24.3 Å². The van der Waals surface area contributed by atoms with Gasteiger partial charge in [-0.2, -0.15) is 0 Å². The lowest BCUT2D eigenvalue weighted by Gasteiger charge is -2.21. The van der Waals surface area contributed by atoms with Crippen LogP contribution in [0.25, 0.3) is 0 Å². The fraction of sp³-hybridized carbons (Fsp3) is 0.538. The minimum absolute atomic E-state index is 0.0743. The Bertz CT molecular complexity index is 333. The highest BCUT2D eigenvalue weighted by Crippen LogP contribution is 2.25. The van der Waals surface area contributed by atoms with Crippen LogP contribution < -0.4 is 10.6 Å². The molecular weight excluding hydrogens is 200 g/mol. The van der Waals surface area contributed by atoms with Crippen molar-refractivity contribution in [1.29, 1.82) is 0 Å². The van der Waals surface area contributed by atoms with Gasteiger partial charge < -0.3 is 15.7 Å². The Morgan fingerprint density at radius 1 is 1.31 bits per heavy atom. The molecule has 16 heavy (non-hydrogen) atoms. The Labute approximate surface area is 97.9 Å². The van der Waals surface area contributed by atoms with Gasteiger partial charge >= 0.3 is 0 Å². The van der Waals surface area contributed by atoms with E-state index >= 15 is 0 Å². The van der Waals surface area contributed by atoms with Gasteiger partial charge in [0.05, 0.1) is 0 Å². The molecule has 0 unspecified atom stereocenters. The van der Waals surface area contributed by atoms with E-state index in [-0.39, 0.29) is 6.04 Å². The quantitative estimate of drug-likeness (QED) is 0.802. The number of benzene rings is 1. The van der Waals surface area contributed by atoms with E-state index in [1.807, 2.05) is 25.1 Å². The van der Waals surface area contributed by atoms with E-state index in [1.54, 1.807) is 0 Å². The third-order valence-corrected chi connectivity index (χ3v) is 2.74. The van der Waals surface area contributed by atoms with Crippen LogP contribution in [0.15, 0.2) is 18.2 Å². The first-order valence-corrected chi connectivity index (χ1v) is 5.90. The predicted octanol–water partition coefficient (Wildman–Crippen LogP) is 2.13. The van der Waals surface area contributed by atoms with E-state index in [1.165, 1.54) is 0 Å². The van der Waals surface area contributed by atoms with Gasteiger partial charge in [0.1, 0.15) is 5.75 Å². The van der Waals surface area contributed by atoms with Gasteiger partial charge in [-0.3, -0.25) is 0 Å². The number of anilines is 1. The minimum atomic E-state index is 0.0743. The standard InChI is InChI=1S/C13H22N2O/c1-4-15(5-2)12-7-6-11(8-10(3)14)13(16)9-12/h6-7,9-10,16H,4-5,8,14H2,1-3H3/t10-/m0/s1. The number of hydrogen-bond donors (Lipinski definition) is 2. The Hall–Kier alpha value is -1.22. The normalized spacial score (nSPS) is 12.5. The van der Waals surface area contributed by atoms with E-state index in [4.69, 9.17) is 5.73 Å². The number of phenols is 1. The lowest BCUT2D eigenvalue weighted by molar-refractivity contribution is 0.465. The van der Waals surface area contributed by atoms with Crippen molar-refractivity contribution in [2.24, 2.45) is 5.73 Å². The van der Waals surface area contributed by atoms with Crippen LogP contribution >= 0.6 is 0 Å². The summed E-state index contributed by atoms with van der Waals surface area (Å²) >= 11 is 0. The van der Waals surface area contributed by atoms with Crippen molar-refractivity contribution < 1.29 is 5.11 Å². The van der Waals surface area contributed by atoms with Gasteiger partial charge in [-0.15, -0.1) is 0 Å². The van der Waals surface area contributed by atoms with Gasteiger partial charge in [0.25, 0.3) is 0 Å². The molecule has 1 aromatic carbocycles. The zero-order valence-corrected chi connectivity index (χ0v) is 10.4. The van der Waals surface area contributed by atoms with Gasteiger partial charge in [-0.25, -0.2) is 0 Å². The SMILES string of the molecule is CCN(CC)c1ccc(C[C@H](C)N)c(O)c1. The third-order valence-electron chi connectivity index (χ3n) is 2.74. The van der Waals surface area contributed by atoms with Gasteiger partial charge in [0.2, 0.25) is 0 Å². The number of nitrogens with zero attached hydrogens (tertiary/aromatic N) is 1. The van der Waals surface area contributed by atoms with E-state index < -0.39 is 0 Å². The fourth-order valence-corrected chi connectivity index (χ4v) is 1.86. The largest absolute Gasteiger partial charge is 0.508 e. The van der Waals surface area contributed by atoms with Crippen molar-refractivity contribution in [3.8, 4) is 5.75 Å². The first kappa shape index (κ1) is 12.8. The summed E-state index contributed by atoms with van der Waals surface area (Å²) in [5.41, 5.74) is 7.71. The first-order chi connectivity index (χ1) is 7.58. The van der Waals surface area contributed by atoms with Crippen molar-refractivity contribution in [2.45, 2.75) is 33.2 Å². The van der Waals surface area contributed by atoms with Crippen molar-refractivity contribution in [2.75, 3.05) is 18.0 Å². The van der Waals surface area contributed by atoms with E-state index in [0.29, 0.717) is 12.2 Å². The zero-order valence-electron chi connectivity index (χ0n) is 10.4. The summed E-state index contributed by atoms with van der Waals surface area (Å²) in [4.78, 5) is 2.20. The van der Waals surface area contributed by atoms with Crippen LogP contribution in [0.1, 0.15) is 26.3 Å². The van der Waals surface area contributed by atoms with Gasteiger partial charge in [-0.05, 0) is 38.8 Å². The van der Waals surface area contributed by atoms with Crippen molar-refractivity contribution in [1.82, 2.24) is 0 Å². The van der Waals surface area contributed by atoms with E-state index in [9.17, 15) is 5.11 Å². The Morgan fingerprint density at radius 2 is 1.94 bits per heavy atom. The molecule has 0 radical (unpaired) electrons. The molecule has 90 valence electrons. The predicted molar refractivity (Wildman–Crippen MR) is 69.0 cm³/mol. The number of rotatable bonds is 5. The maximum absolute atomic E-state index is 9.90. The number of aromatic hydroxyl groups is 1. The topological polar surface area (TPSA) is 49.5 Å². The molecule has 0 aliphatic carbocycles. The van der Waals surface area contributed by atoms with Crippen molar-refractivity contribution >= 4 is 5.69 Å². The average Bonchev–Trinajstić information content (AvgIpc) is 2.23. The molecule has 1 atom stereocenters. The highest BCUT2D eigenvalue weighted by molar-refractivity contribution is 5.53. The monoisotopic (exact) mass is 222 g/mol. The van der Waals surface area contributed by atoms with Crippen LogP contribution in [0.5, 0.6) is 5.75 Å².